The van der Waals surface area contributed by atoms with Gasteiger partial charge in [0.1, 0.15) is 17.0 Å². The Hall–Kier alpha value is -3.54. The average Bonchev–Trinajstić information content (AvgIpc) is 3.24. The summed E-state index contributed by atoms with van der Waals surface area (Å²) in [7, 11) is -9.92. The monoisotopic (exact) mass is 645 g/mol. The van der Waals surface area contributed by atoms with E-state index >= 15 is 0 Å². The van der Waals surface area contributed by atoms with Crippen LogP contribution in [0.25, 0.3) is 0 Å². The number of piperidine rings is 1. The van der Waals surface area contributed by atoms with Crippen LogP contribution in [0.5, 0.6) is 0 Å². The van der Waals surface area contributed by atoms with Crippen molar-refractivity contribution in [1.82, 2.24) is 15.5 Å². The SMILES string of the molecule is CC(C)(C)C(/C=N/C(=O)c1ccc(S(F)(F)(F)(F)F)cc1)C(=O)N1C[C@H]2C([C@H]1C(=O)N[C@H](C#N)C[C@@H]1CCNC1=O)C2(C)C. The van der Waals surface area contributed by atoms with Gasteiger partial charge in [0, 0.05) is 30.8 Å². The van der Waals surface area contributed by atoms with Gasteiger partial charge in [-0.3, -0.25) is 19.2 Å². The number of likely N-dealkylation sites (tertiary alicyclic amines) is 1. The van der Waals surface area contributed by atoms with Gasteiger partial charge in [-0.1, -0.05) is 54.0 Å². The third kappa shape index (κ3) is 6.74. The predicted molar refractivity (Wildman–Crippen MR) is 153 cm³/mol. The van der Waals surface area contributed by atoms with Gasteiger partial charge in [0.2, 0.25) is 17.7 Å². The molecule has 2 heterocycles. The summed E-state index contributed by atoms with van der Waals surface area (Å²) < 4.78 is 65.2. The molecule has 1 aromatic carbocycles. The topological polar surface area (TPSA) is 132 Å². The number of hydrogen-bond acceptors (Lipinski definition) is 5. The third-order valence-electron chi connectivity index (χ3n) is 9.00. The van der Waals surface area contributed by atoms with Crippen molar-refractivity contribution < 1.29 is 38.6 Å². The quantitative estimate of drug-likeness (QED) is 0.295. The Morgan fingerprint density at radius 1 is 1.18 bits per heavy atom. The van der Waals surface area contributed by atoms with Crippen LogP contribution in [0.4, 0.5) is 19.4 Å². The second kappa shape index (κ2) is 10.3. The van der Waals surface area contributed by atoms with Gasteiger partial charge in [0.05, 0.1) is 12.0 Å². The smallest absolute Gasteiger partial charge is 0.310 e. The highest BCUT2D eigenvalue weighted by Gasteiger charge is 2.70. The van der Waals surface area contributed by atoms with E-state index in [0.29, 0.717) is 25.1 Å². The van der Waals surface area contributed by atoms with Crippen molar-refractivity contribution >= 4 is 40.1 Å². The number of nitrogens with zero attached hydrogens (tertiary/aromatic N) is 3. The molecule has 3 aliphatic rings. The summed E-state index contributed by atoms with van der Waals surface area (Å²) in [5, 5.41) is 15.1. The lowest BCUT2D eigenvalue weighted by Gasteiger charge is -2.40. The molecule has 0 aromatic heterocycles. The molecule has 2 N–H and O–H groups in total. The zero-order valence-corrected chi connectivity index (χ0v) is 25.8. The van der Waals surface area contributed by atoms with Gasteiger partial charge in [-0.15, -0.1) is 0 Å². The van der Waals surface area contributed by atoms with Crippen molar-refractivity contribution in [1.29, 1.82) is 5.26 Å². The third-order valence-corrected chi connectivity index (χ3v) is 10.2. The summed E-state index contributed by atoms with van der Waals surface area (Å²) in [5.41, 5.74) is -1.44. The molecule has 1 aliphatic carbocycles. The van der Waals surface area contributed by atoms with Crippen LogP contribution in [0, 0.1) is 45.8 Å². The van der Waals surface area contributed by atoms with E-state index in [4.69, 9.17) is 0 Å². The molecular formula is C29H36F5N5O4S. The molecule has 9 nitrogen and oxygen atoms in total. The summed E-state index contributed by atoms with van der Waals surface area (Å²) in [6.07, 6.45) is 1.75. The van der Waals surface area contributed by atoms with Crippen molar-refractivity contribution in [2.24, 2.45) is 39.5 Å². The van der Waals surface area contributed by atoms with E-state index in [2.05, 4.69) is 15.6 Å². The van der Waals surface area contributed by atoms with Crippen LogP contribution in [0.2, 0.25) is 0 Å². The van der Waals surface area contributed by atoms with E-state index in [-0.39, 0.29) is 53.8 Å². The summed E-state index contributed by atoms with van der Waals surface area (Å²) in [5.74, 6) is -3.87. The minimum Gasteiger partial charge on any atom is -0.356 e. The number of aliphatic imine (C=N–C) groups is 1. The summed E-state index contributed by atoms with van der Waals surface area (Å²) in [4.78, 5) is 55.3. The lowest BCUT2D eigenvalue weighted by molar-refractivity contribution is -0.144. The van der Waals surface area contributed by atoms with Crippen molar-refractivity contribution in [3.63, 3.8) is 0 Å². The Bertz CT molecular complexity index is 1450. The molecule has 6 atom stereocenters. The Morgan fingerprint density at radius 2 is 1.80 bits per heavy atom. The highest BCUT2D eigenvalue weighted by Crippen LogP contribution is 3.02. The van der Waals surface area contributed by atoms with Gasteiger partial charge in [0.25, 0.3) is 5.91 Å². The second-order valence-corrected chi connectivity index (χ2v) is 15.9. The summed E-state index contributed by atoms with van der Waals surface area (Å²) in [6.45, 7) is 9.85. The molecule has 4 rings (SSSR count). The van der Waals surface area contributed by atoms with Crippen LogP contribution in [0.3, 0.4) is 0 Å². The number of nitriles is 1. The normalized spacial score (nSPS) is 27.4. The number of rotatable bonds is 8. The minimum atomic E-state index is -9.92. The Labute approximate surface area is 252 Å². The fraction of sp³-hybridized carbons (Fsp3) is 0.586. The van der Waals surface area contributed by atoms with Gasteiger partial charge in [-0.25, -0.2) is 4.99 Å². The van der Waals surface area contributed by atoms with E-state index in [0.717, 1.165) is 6.21 Å². The number of hydrogen-bond donors (Lipinski definition) is 2. The Balaban J connectivity index is 1.53. The number of amides is 4. The number of benzene rings is 1. The Morgan fingerprint density at radius 3 is 2.30 bits per heavy atom. The zero-order chi connectivity index (χ0) is 33.1. The van der Waals surface area contributed by atoms with E-state index in [1.807, 2.05) is 19.9 Å². The number of carbonyl (C=O) groups excluding carboxylic acids is 4. The van der Waals surface area contributed by atoms with Gasteiger partial charge >= 0.3 is 10.2 Å². The molecule has 0 radical (unpaired) electrons. The number of halogens is 5. The fourth-order valence-corrected chi connectivity index (χ4v) is 6.93. The summed E-state index contributed by atoms with van der Waals surface area (Å²) in [6, 6.07) is 1.60. The molecular weight excluding hydrogens is 609 g/mol. The van der Waals surface area contributed by atoms with Crippen LogP contribution in [0.15, 0.2) is 34.2 Å². The molecule has 3 fully saturated rings. The standard InChI is InChI=1S/C29H36F5N5O4S/c1-28(2,3)20(14-37-24(40)16-6-8-19(9-7-16)44(30,31,32,33)34)27(43)39-15-21-22(29(21,4)5)23(39)26(42)38-18(13-35)12-17-10-11-36-25(17)41/h6-9,14,17-18,20-23H,10-12,15H2,1-5H3,(H,36,41)(H,38,42)/b37-14+/t17-,18-,20?,21-,22?,23-/m0/s1. The number of carbonyl (C=O) groups is 4. The number of fused-ring (bicyclic) bond motifs is 1. The van der Waals surface area contributed by atoms with Crippen LogP contribution < -0.4 is 10.6 Å². The molecule has 2 unspecified atom stereocenters. The van der Waals surface area contributed by atoms with Crippen molar-refractivity contribution in [3.05, 3.63) is 29.8 Å². The lowest BCUT2D eigenvalue weighted by atomic mass is 9.80. The van der Waals surface area contributed by atoms with Crippen LogP contribution in [-0.4, -0.2) is 59.9 Å². The number of nitrogens with one attached hydrogen (secondary N) is 2. The first-order valence-electron chi connectivity index (χ1n) is 14.2. The highest BCUT2D eigenvalue weighted by atomic mass is 32.5. The van der Waals surface area contributed by atoms with E-state index in [1.165, 1.54) is 4.90 Å². The minimum absolute atomic E-state index is 0.00953. The molecule has 4 amide bonds. The molecule has 1 aromatic rings. The summed E-state index contributed by atoms with van der Waals surface area (Å²) >= 11 is 0. The van der Waals surface area contributed by atoms with Crippen LogP contribution in [-0.2, 0) is 14.4 Å². The van der Waals surface area contributed by atoms with Gasteiger partial charge in [0.15, 0.2) is 0 Å². The molecule has 2 aliphatic heterocycles. The first-order valence-corrected chi connectivity index (χ1v) is 16.1. The molecule has 2 saturated heterocycles. The zero-order valence-electron chi connectivity index (χ0n) is 25.0. The fourth-order valence-electron chi connectivity index (χ4n) is 6.28. The van der Waals surface area contributed by atoms with Gasteiger partial charge in [-0.05, 0) is 59.8 Å². The molecule has 0 bridgehead atoms. The highest BCUT2D eigenvalue weighted by molar-refractivity contribution is 8.45. The predicted octanol–water partition coefficient (Wildman–Crippen LogP) is 5.23. The molecule has 44 heavy (non-hydrogen) atoms. The lowest BCUT2D eigenvalue weighted by Crippen LogP contribution is -2.54. The maximum Gasteiger partial charge on any atom is 0.310 e. The van der Waals surface area contributed by atoms with E-state index in [9.17, 15) is 43.9 Å². The van der Waals surface area contributed by atoms with Gasteiger partial charge < -0.3 is 15.5 Å². The van der Waals surface area contributed by atoms with Crippen molar-refractivity contribution in [2.45, 2.75) is 64.4 Å². The average molecular weight is 646 g/mol. The molecule has 242 valence electrons. The Kier molecular flexibility index (Phi) is 7.77. The molecule has 1 saturated carbocycles. The van der Waals surface area contributed by atoms with Crippen LogP contribution >= 0.6 is 10.2 Å². The van der Waals surface area contributed by atoms with E-state index in [1.54, 1.807) is 20.8 Å². The molecule has 0 spiro atoms. The van der Waals surface area contributed by atoms with Gasteiger partial charge in [-0.2, -0.15) is 5.26 Å². The first kappa shape index (κ1) is 33.4. The maximum absolute atomic E-state index is 14.0. The van der Waals surface area contributed by atoms with E-state index < -0.39 is 62.2 Å². The van der Waals surface area contributed by atoms with Crippen molar-refractivity contribution in [3.8, 4) is 6.07 Å². The maximum atomic E-state index is 14.0. The molecule has 15 heteroatoms. The van der Waals surface area contributed by atoms with Crippen molar-refractivity contribution in [2.75, 3.05) is 13.1 Å². The van der Waals surface area contributed by atoms with Crippen LogP contribution in [0.1, 0.15) is 57.8 Å². The first-order chi connectivity index (χ1) is 19.9. The second-order valence-electron chi connectivity index (χ2n) is 13.5. The largest absolute Gasteiger partial charge is 0.356 e.